The molecule has 2 aliphatic heterocycles. The van der Waals surface area contributed by atoms with Crippen LogP contribution in [0.15, 0.2) is 28.3 Å². The molecule has 0 aromatic carbocycles. The molecule has 39 heavy (non-hydrogen) atoms. The summed E-state index contributed by atoms with van der Waals surface area (Å²) in [6.07, 6.45) is 13.3. The standard InChI is InChI=1S/C34H47N3O2/c1-28(2)23-8-10-32(6)24(31(23,5)17-21(19-35)27(28)39)16-26-34(36-26)25-18-30(4,37-15-9-22(38)20-37)13-11-29(25,3)12-14-33(32,34)7/h16-17,22-23,25,38H,8-15,18,20H2,1-7H3/t22?,23-,25+,29+,30-,31-,32+,33-,34+/m0/s1. The van der Waals surface area contributed by atoms with Gasteiger partial charge in [0.25, 0.3) is 0 Å². The minimum atomic E-state index is -0.547. The maximum absolute atomic E-state index is 13.3. The number of carbonyl (C=O) groups excluding carboxylic acids is 1. The minimum absolute atomic E-state index is 0.0127. The van der Waals surface area contributed by atoms with Crippen LogP contribution in [0.25, 0.3) is 0 Å². The van der Waals surface area contributed by atoms with Crippen LogP contribution in [-0.4, -0.2) is 51.8 Å². The second-order valence-electron chi connectivity index (χ2n) is 16.4. The van der Waals surface area contributed by atoms with E-state index in [0.29, 0.717) is 16.9 Å². The maximum atomic E-state index is 13.3. The van der Waals surface area contributed by atoms with Gasteiger partial charge in [-0.2, -0.15) is 5.26 Å². The second kappa shape index (κ2) is 7.35. The molecule has 0 radical (unpaired) electrons. The zero-order valence-corrected chi connectivity index (χ0v) is 25.2. The summed E-state index contributed by atoms with van der Waals surface area (Å²) in [6, 6.07) is 2.27. The van der Waals surface area contributed by atoms with E-state index in [0.717, 1.165) is 38.8 Å². The molecule has 1 saturated heterocycles. The molecule has 7 rings (SSSR count). The highest BCUT2D eigenvalue weighted by Gasteiger charge is 2.78. The normalized spacial score (nSPS) is 53.6. The Morgan fingerprint density at radius 3 is 2.38 bits per heavy atom. The zero-order valence-electron chi connectivity index (χ0n) is 25.2. The molecular formula is C34H47N3O2. The number of carbonyl (C=O) groups is 1. The molecule has 1 spiro atoms. The van der Waals surface area contributed by atoms with E-state index in [1.807, 2.05) is 0 Å². The van der Waals surface area contributed by atoms with E-state index in [9.17, 15) is 15.2 Å². The van der Waals surface area contributed by atoms with Gasteiger partial charge in [0.05, 0.1) is 17.4 Å². The third kappa shape index (κ3) is 2.84. The van der Waals surface area contributed by atoms with E-state index in [4.69, 9.17) is 4.99 Å². The third-order valence-corrected chi connectivity index (χ3v) is 14.4. The average molecular weight is 530 g/mol. The number of rotatable bonds is 1. The van der Waals surface area contributed by atoms with Gasteiger partial charge in [0.1, 0.15) is 11.6 Å². The first-order valence-electron chi connectivity index (χ1n) is 15.6. The SMILES string of the molecule is CC1(C)C(=O)C(C#N)=C[C@]2(C)C3=CC4=N[C@]45[C@@H]4C[C@@](C)(N6CCC(O)C6)CC[C@]4(C)CC[C@@]5(C)[C@]3(C)CC[C@@H]12. The Morgan fingerprint density at radius 2 is 1.72 bits per heavy atom. The van der Waals surface area contributed by atoms with Crippen molar-refractivity contribution in [3.63, 3.8) is 0 Å². The van der Waals surface area contributed by atoms with Gasteiger partial charge in [-0.25, -0.2) is 0 Å². The Labute approximate surface area is 234 Å². The monoisotopic (exact) mass is 529 g/mol. The molecule has 0 bridgehead atoms. The van der Waals surface area contributed by atoms with Gasteiger partial charge < -0.3 is 5.11 Å². The molecule has 210 valence electrons. The van der Waals surface area contributed by atoms with Crippen molar-refractivity contribution in [2.24, 2.45) is 43.9 Å². The van der Waals surface area contributed by atoms with Gasteiger partial charge in [0, 0.05) is 34.9 Å². The van der Waals surface area contributed by atoms with Gasteiger partial charge in [-0.3, -0.25) is 14.7 Å². The molecule has 1 unspecified atom stereocenters. The number of aliphatic hydroxyl groups excluding tert-OH is 1. The van der Waals surface area contributed by atoms with Gasteiger partial charge in [-0.1, -0.05) is 53.2 Å². The molecule has 5 aliphatic carbocycles. The fraction of sp³-hybridized carbons (Fsp3) is 0.794. The minimum Gasteiger partial charge on any atom is -0.392 e. The topological polar surface area (TPSA) is 76.7 Å². The lowest BCUT2D eigenvalue weighted by Gasteiger charge is -2.69. The second-order valence-corrected chi connectivity index (χ2v) is 16.4. The van der Waals surface area contributed by atoms with Crippen LogP contribution in [0.2, 0.25) is 0 Å². The van der Waals surface area contributed by atoms with E-state index in [1.165, 1.54) is 37.0 Å². The summed E-state index contributed by atoms with van der Waals surface area (Å²) in [5, 5.41) is 20.3. The molecule has 4 fully saturated rings. The van der Waals surface area contributed by atoms with Crippen LogP contribution in [0.3, 0.4) is 0 Å². The third-order valence-electron chi connectivity index (χ3n) is 14.4. The smallest absolute Gasteiger partial charge is 0.178 e. The number of ketones is 1. The van der Waals surface area contributed by atoms with Crippen molar-refractivity contribution < 1.29 is 9.90 Å². The fourth-order valence-corrected chi connectivity index (χ4v) is 11.7. The fourth-order valence-electron chi connectivity index (χ4n) is 11.7. The van der Waals surface area contributed by atoms with Crippen molar-refractivity contribution in [3.8, 4) is 6.07 Å². The van der Waals surface area contributed by atoms with Gasteiger partial charge in [-0.15, -0.1) is 0 Å². The van der Waals surface area contributed by atoms with E-state index < -0.39 is 5.41 Å². The number of Topliss-reactive ketones (excluding diaryl/α,β-unsaturated/α-hetero) is 1. The Kier molecular flexibility index (Phi) is 4.93. The first-order valence-corrected chi connectivity index (χ1v) is 15.6. The van der Waals surface area contributed by atoms with Crippen molar-refractivity contribution in [1.29, 1.82) is 5.26 Å². The summed E-state index contributed by atoms with van der Waals surface area (Å²) in [4.78, 5) is 21.5. The number of aliphatic imine (C=N–C) groups is 1. The highest BCUT2D eigenvalue weighted by Crippen LogP contribution is 2.79. The quantitative estimate of drug-likeness (QED) is 0.450. The van der Waals surface area contributed by atoms with Crippen molar-refractivity contribution in [2.45, 2.75) is 117 Å². The number of hydrogen-bond acceptors (Lipinski definition) is 5. The molecule has 5 nitrogen and oxygen atoms in total. The highest BCUT2D eigenvalue weighted by atomic mass is 16.3. The number of allylic oxidation sites excluding steroid dienone is 3. The van der Waals surface area contributed by atoms with Crippen molar-refractivity contribution in [1.82, 2.24) is 4.90 Å². The Morgan fingerprint density at radius 1 is 1.00 bits per heavy atom. The molecule has 2 heterocycles. The van der Waals surface area contributed by atoms with Crippen molar-refractivity contribution >= 4 is 11.5 Å². The predicted molar refractivity (Wildman–Crippen MR) is 153 cm³/mol. The number of nitriles is 1. The maximum Gasteiger partial charge on any atom is 0.178 e. The lowest BCUT2D eigenvalue weighted by atomic mass is 9.34. The summed E-state index contributed by atoms with van der Waals surface area (Å²) < 4.78 is 0. The molecule has 0 aromatic rings. The van der Waals surface area contributed by atoms with Crippen LogP contribution in [0.5, 0.6) is 0 Å². The van der Waals surface area contributed by atoms with E-state index in [1.54, 1.807) is 0 Å². The molecular weight excluding hydrogens is 482 g/mol. The molecule has 5 heteroatoms. The van der Waals surface area contributed by atoms with Crippen molar-refractivity contribution in [2.75, 3.05) is 13.1 Å². The van der Waals surface area contributed by atoms with E-state index >= 15 is 0 Å². The summed E-state index contributed by atoms with van der Waals surface area (Å²) in [7, 11) is 0. The van der Waals surface area contributed by atoms with Crippen LogP contribution in [0, 0.1) is 50.2 Å². The molecule has 9 atom stereocenters. The van der Waals surface area contributed by atoms with E-state index in [-0.39, 0.29) is 45.1 Å². The number of β-amino-alcohol motifs (C(OH)–C–C–N with tert-alkyl or cyclic N) is 1. The molecule has 3 saturated carbocycles. The average Bonchev–Trinajstić information content (AvgIpc) is 3.44. The molecule has 7 aliphatic rings. The summed E-state index contributed by atoms with van der Waals surface area (Å²) in [6.45, 7) is 18.3. The van der Waals surface area contributed by atoms with Crippen LogP contribution in [-0.2, 0) is 4.79 Å². The zero-order chi connectivity index (χ0) is 28.0. The first-order chi connectivity index (χ1) is 18.1. The number of hydrogen-bond donors (Lipinski definition) is 1. The number of nitrogens with zero attached hydrogens (tertiary/aromatic N) is 3. The Hall–Kier alpha value is -1.77. The highest BCUT2D eigenvalue weighted by molar-refractivity contribution is 6.16. The summed E-state index contributed by atoms with van der Waals surface area (Å²) in [5.74, 6) is 0.710. The molecule has 1 N–H and O–H groups in total. The van der Waals surface area contributed by atoms with Crippen LogP contribution < -0.4 is 0 Å². The van der Waals surface area contributed by atoms with E-state index in [2.05, 4.69) is 71.6 Å². The predicted octanol–water partition coefficient (Wildman–Crippen LogP) is 6.03. The number of fused-ring (bicyclic) bond motifs is 5. The lowest BCUT2D eigenvalue weighted by molar-refractivity contribution is -0.141. The van der Waals surface area contributed by atoms with Gasteiger partial charge >= 0.3 is 0 Å². The Balaban J connectivity index is 1.34. The van der Waals surface area contributed by atoms with Gasteiger partial charge in [0.15, 0.2) is 5.78 Å². The number of aliphatic hydroxyl groups is 1. The van der Waals surface area contributed by atoms with Crippen molar-refractivity contribution in [3.05, 3.63) is 23.3 Å². The van der Waals surface area contributed by atoms with Crippen LogP contribution in [0.4, 0.5) is 0 Å². The largest absolute Gasteiger partial charge is 0.392 e. The molecule has 0 aromatic heterocycles. The summed E-state index contributed by atoms with van der Waals surface area (Å²) >= 11 is 0. The first kappa shape index (κ1) is 26.1. The van der Waals surface area contributed by atoms with Gasteiger partial charge in [-0.05, 0) is 87.0 Å². The molecule has 0 amide bonds. The number of likely N-dealkylation sites (tertiary alicyclic amines) is 1. The van der Waals surface area contributed by atoms with Gasteiger partial charge in [0.2, 0.25) is 0 Å². The summed E-state index contributed by atoms with van der Waals surface area (Å²) in [5.41, 5.74) is 2.49. The van der Waals surface area contributed by atoms with Crippen LogP contribution >= 0.6 is 0 Å². The van der Waals surface area contributed by atoms with Crippen LogP contribution in [0.1, 0.15) is 99.8 Å². The Bertz CT molecular complexity index is 1320. The lowest BCUT2D eigenvalue weighted by Crippen LogP contribution is -2.69.